The second kappa shape index (κ2) is 9.52. The summed E-state index contributed by atoms with van der Waals surface area (Å²) < 4.78 is 10.3. The monoisotopic (exact) mass is 308 g/mol. The third kappa shape index (κ3) is 6.03. The number of benzene rings is 2. The summed E-state index contributed by atoms with van der Waals surface area (Å²) in [5, 5.41) is 0. The van der Waals surface area contributed by atoms with Crippen LogP contribution in [0.1, 0.15) is 22.3 Å². The average molecular weight is 308 g/mol. The highest BCUT2D eigenvalue weighted by atomic mass is 16.5. The van der Waals surface area contributed by atoms with Gasteiger partial charge >= 0.3 is 0 Å². The molecular formula is C21H24O2. The molecule has 2 rings (SSSR count). The first kappa shape index (κ1) is 16.9. The van der Waals surface area contributed by atoms with E-state index in [1.807, 2.05) is 0 Å². The van der Waals surface area contributed by atoms with Crippen molar-refractivity contribution in [3.05, 3.63) is 96.5 Å². The van der Waals surface area contributed by atoms with Crippen molar-refractivity contribution in [2.75, 3.05) is 13.2 Å². The number of ether oxygens (including phenoxy) is 2. The first-order valence-electron chi connectivity index (χ1n) is 7.92. The van der Waals surface area contributed by atoms with Crippen molar-refractivity contribution >= 4 is 0 Å². The van der Waals surface area contributed by atoms with Crippen LogP contribution in [0.5, 0.6) is 0 Å². The van der Waals surface area contributed by atoms with Gasteiger partial charge in [-0.2, -0.15) is 0 Å². The lowest BCUT2D eigenvalue weighted by Gasteiger charge is -2.06. The van der Waals surface area contributed by atoms with E-state index in [1.165, 1.54) is 34.8 Å². The third-order valence-corrected chi connectivity index (χ3v) is 3.71. The van der Waals surface area contributed by atoms with Gasteiger partial charge in [0.05, 0.1) is 25.7 Å². The van der Waals surface area contributed by atoms with E-state index in [9.17, 15) is 0 Å². The highest BCUT2D eigenvalue weighted by molar-refractivity contribution is 5.30. The Bertz CT molecular complexity index is 541. The van der Waals surface area contributed by atoms with E-state index in [1.54, 1.807) is 0 Å². The summed E-state index contributed by atoms with van der Waals surface area (Å²) in [6.45, 7) is 8.45. The fourth-order valence-corrected chi connectivity index (χ4v) is 2.40. The van der Waals surface area contributed by atoms with E-state index in [0.717, 1.165) is 19.3 Å². The molecule has 0 aliphatic carbocycles. The Balaban J connectivity index is 1.86. The minimum absolute atomic E-state index is 0.680. The lowest BCUT2D eigenvalue weighted by molar-refractivity contribution is 0.255. The zero-order valence-electron chi connectivity index (χ0n) is 13.5. The Kier molecular flexibility index (Phi) is 6.99. The van der Waals surface area contributed by atoms with Gasteiger partial charge in [-0.3, -0.25) is 0 Å². The summed E-state index contributed by atoms with van der Waals surface area (Å²) in [4.78, 5) is 0. The number of hydrogen-bond acceptors (Lipinski definition) is 2. The summed E-state index contributed by atoms with van der Waals surface area (Å²) >= 11 is 0. The van der Waals surface area contributed by atoms with Gasteiger partial charge in [0.25, 0.3) is 0 Å². The summed E-state index contributed by atoms with van der Waals surface area (Å²) in [6.07, 6.45) is 5.75. The lowest BCUT2D eigenvalue weighted by atomic mass is 10.0. The Hall–Kier alpha value is -2.48. The molecule has 2 heteroatoms. The number of hydrogen-bond donors (Lipinski definition) is 0. The van der Waals surface area contributed by atoms with E-state index < -0.39 is 0 Å². The Labute approximate surface area is 139 Å². The van der Waals surface area contributed by atoms with E-state index in [4.69, 9.17) is 9.47 Å². The lowest BCUT2D eigenvalue weighted by Crippen LogP contribution is -1.96. The Morgan fingerprint density at radius 3 is 1.30 bits per heavy atom. The maximum Gasteiger partial charge on any atom is 0.0913 e. The van der Waals surface area contributed by atoms with Crippen LogP contribution in [0.3, 0.4) is 0 Å². The van der Waals surface area contributed by atoms with Crippen LogP contribution in [-0.2, 0) is 28.7 Å². The fourth-order valence-electron chi connectivity index (χ4n) is 2.40. The molecule has 2 nitrogen and oxygen atoms in total. The van der Waals surface area contributed by atoms with Gasteiger partial charge in [0.2, 0.25) is 0 Å². The van der Waals surface area contributed by atoms with E-state index >= 15 is 0 Å². The molecule has 0 saturated carbocycles. The van der Waals surface area contributed by atoms with Crippen LogP contribution < -0.4 is 0 Å². The normalized spacial score (nSPS) is 10.1. The van der Waals surface area contributed by atoms with Crippen LogP contribution in [0.2, 0.25) is 0 Å². The molecule has 0 bridgehead atoms. The molecule has 120 valence electrons. The zero-order valence-corrected chi connectivity index (χ0v) is 13.5. The summed E-state index contributed by atoms with van der Waals surface area (Å²) in [5.74, 6) is 0. The molecule has 2 aromatic carbocycles. The van der Waals surface area contributed by atoms with E-state index in [-0.39, 0.29) is 0 Å². The largest absolute Gasteiger partial charge is 0.501 e. The van der Waals surface area contributed by atoms with E-state index in [0.29, 0.717) is 13.2 Å². The van der Waals surface area contributed by atoms with Crippen LogP contribution in [0.15, 0.2) is 74.2 Å². The molecule has 0 heterocycles. The standard InChI is InChI=1S/C21H24O2/c1-3-22-15-13-18-5-9-20(10-6-18)17-21-11-7-19(8-12-21)14-16-23-4-2/h3-12H,1-2,13-17H2. The quantitative estimate of drug-likeness (QED) is 0.468. The topological polar surface area (TPSA) is 18.5 Å². The zero-order chi connectivity index (χ0) is 16.3. The molecule has 0 unspecified atom stereocenters. The van der Waals surface area contributed by atoms with Crippen molar-refractivity contribution in [3.8, 4) is 0 Å². The minimum atomic E-state index is 0.680. The van der Waals surface area contributed by atoms with E-state index in [2.05, 4.69) is 61.7 Å². The highest BCUT2D eigenvalue weighted by Crippen LogP contribution is 2.13. The van der Waals surface area contributed by atoms with Gasteiger partial charge in [-0.05, 0) is 28.7 Å². The molecule has 0 fully saturated rings. The van der Waals surface area contributed by atoms with Crippen molar-refractivity contribution in [2.45, 2.75) is 19.3 Å². The van der Waals surface area contributed by atoms with Crippen molar-refractivity contribution in [1.29, 1.82) is 0 Å². The van der Waals surface area contributed by atoms with Gasteiger partial charge < -0.3 is 9.47 Å². The Morgan fingerprint density at radius 2 is 0.957 bits per heavy atom. The molecular weight excluding hydrogens is 284 g/mol. The maximum atomic E-state index is 5.16. The number of rotatable bonds is 10. The molecule has 0 aliphatic rings. The van der Waals surface area contributed by atoms with Crippen molar-refractivity contribution in [2.24, 2.45) is 0 Å². The molecule has 0 N–H and O–H groups in total. The van der Waals surface area contributed by atoms with Gasteiger partial charge in [0.1, 0.15) is 0 Å². The molecule has 23 heavy (non-hydrogen) atoms. The van der Waals surface area contributed by atoms with Gasteiger partial charge in [-0.1, -0.05) is 61.7 Å². The molecule has 0 radical (unpaired) electrons. The third-order valence-electron chi connectivity index (χ3n) is 3.71. The predicted octanol–water partition coefficient (Wildman–Crippen LogP) is 4.68. The molecule has 0 aromatic heterocycles. The van der Waals surface area contributed by atoms with Gasteiger partial charge in [-0.25, -0.2) is 0 Å². The smallest absolute Gasteiger partial charge is 0.0913 e. The van der Waals surface area contributed by atoms with Crippen molar-refractivity contribution in [3.63, 3.8) is 0 Å². The summed E-state index contributed by atoms with van der Waals surface area (Å²) in [6, 6.07) is 17.4. The summed E-state index contributed by atoms with van der Waals surface area (Å²) in [5.41, 5.74) is 5.21. The van der Waals surface area contributed by atoms with Crippen molar-refractivity contribution < 1.29 is 9.47 Å². The molecule has 0 saturated heterocycles. The van der Waals surface area contributed by atoms with Gasteiger partial charge in [0.15, 0.2) is 0 Å². The Morgan fingerprint density at radius 1 is 0.609 bits per heavy atom. The second-order valence-electron chi connectivity index (χ2n) is 5.38. The van der Waals surface area contributed by atoms with Crippen LogP contribution >= 0.6 is 0 Å². The van der Waals surface area contributed by atoms with Crippen molar-refractivity contribution in [1.82, 2.24) is 0 Å². The first-order valence-corrected chi connectivity index (χ1v) is 7.92. The second-order valence-corrected chi connectivity index (χ2v) is 5.38. The van der Waals surface area contributed by atoms with Crippen LogP contribution in [0, 0.1) is 0 Å². The van der Waals surface area contributed by atoms with Crippen LogP contribution in [-0.4, -0.2) is 13.2 Å². The van der Waals surface area contributed by atoms with Gasteiger partial charge in [0, 0.05) is 12.8 Å². The molecule has 0 amide bonds. The molecule has 0 aliphatic heterocycles. The maximum absolute atomic E-state index is 5.16. The summed E-state index contributed by atoms with van der Waals surface area (Å²) in [7, 11) is 0. The average Bonchev–Trinajstić information content (AvgIpc) is 2.58. The SMILES string of the molecule is C=COCCc1ccc(Cc2ccc(CCOC=C)cc2)cc1. The highest BCUT2D eigenvalue weighted by Gasteiger charge is 1.99. The predicted molar refractivity (Wildman–Crippen MR) is 95.4 cm³/mol. The molecule has 0 atom stereocenters. The molecule has 2 aromatic rings. The van der Waals surface area contributed by atoms with Crippen LogP contribution in [0.4, 0.5) is 0 Å². The minimum Gasteiger partial charge on any atom is -0.501 e. The fraction of sp³-hybridized carbons (Fsp3) is 0.238. The van der Waals surface area contributed by atoms with Gasteiger partial charge in [-0.15, -0.1) is 0 Å². The molecule has 0 spiro atoms. The first-order chi connectivity index (χ1) is 11.3. The van der Waals surface area contributed by atoms with Crippen LogP contribution in [0.25, 0.3) is 0 Å².